The first kappa shape index (κ1) is 50.0. The Morgan fingerprint density at radius 3 is 1.95 bits per heavy atom. The summed E-state index contributed by atoms with van der Waals surface area (Å²) in [7, 11) is 4.90. The summed E-state index contributed by atoms with van der Waals surface area (Å²) >= 11 is 0. The van der Waals surface area contributed by atoms with Crippen molar-refractivity contribution in [2.45, 2.75) is 196 Å². The number of esters is 1. The summed E-state index contributed by atoms with van der Waals surface area (Å²) in [5.74, 6) is -1.56. The van der Waals surface area contributed by atoms with E-state index in [0.29, 0.717) is 12.8 Å². The molecule has 14 unspecified atom stereocenters. The van der Waals surface area contributed by atoms with Crippen LogP contribution in [0.25, 0.3) is 0 Å². The molecule has 4 aliphatic heterocycles. The lowest BCUT2D eigenvalue weighted by molar-refractivity contribution is -0.344. The molecule has 0 amide bonds. The molecule has 0 aromatic heterocycles. The van der Waals surface area contributed by atoms with Gasteiger partial charge in [-0.2, -0.15) is 0 Å². The molecule has 0 aliphatic carbocycles. The summed E-state index contributed by atoms with van der Waals surface area (Å²) in [5, 5.41) is 77.0. The minimum absolute atomic E-state index is 0.0119. The Bertz CT molecular complexity index is 1360. The summed E-state index contributed by atoms with van der Waals surface area (Å²) in [5.41, 5.74) is -2.94. The molecule has 17 heteroatoms. The first-order valence-electron chi connectivity index (χ1n) is 21.0. The number of carbonyl (C=O) groups is 1. The molecule has 3 saturated heterocycles. The third kappa shape index (κ3) is 13.0. The van der Waals surface area contributed by atoms with Gasteiger partial charge in [0.1, 0.15) is 36.6 Å². The van der Waals surface area contributed by atoms with E-state index < -0.39 is 128 Å². The zero-order valence-electron chi connectivity index (χ0n) is 36.4. The van der Waals surface area contributed by atoms with Crippen molar-refractivity contribution in [3.63, 3.8) is 0 Å². The Balaban J connectivity index is 1.68. The van der Waals surface area contributed by atoms with Gasteiger partial charge in [0.2, 0.25) is 0 Å². The second kappa shape index (κ2) is 21.6. The zero-order valence-corrected chi connectivity index (χ0v) is 36.4. The molecule has 20 atom stereocenters. The predicted octanol–water partition coefficient (Wildman–Crippen LogP) is 0.910. The molecular weight excluding hydrogens is 774 g/mol. The fraction of sp³-hybridized carbons (Fsp3) is 0.881. The molecule has 0 saturated carbocycles. The second-order valence-electron chi connectivity index (χ2n) is 17.8. The van der Waals surface area contributed by atoms with Crippen molar-refractivity contribution in [1.29, 1.82) is 0 Å². The van der Waals surface area contributed by atoms with E-state index in [9.17, 15) is 40.5 Å². The summed E-state index contributed by atoms with van der Waals surface area (Å²) in [6.45, 7) is 11.5. The number of carbonyl (C=O) groups excluding carboxylic acids is 1. The third-order valence-corrected chi connectivity index (χ3v) is 12.2. The molecule has 7 N–H and O–H groups in total. The number of aliphatic hydroxyl groups is 7. The quantitative estimate of drug-likeness (QED) is 0.151. The first-order chi connectivity index (χ1) is 27.6. The van der Waals surface area contributed by atoms with E-state index in [1.807, 2.05) is 31.2 Å². The Hall–Kier alpha value is -1.65. The summed E-state index contributed by atoms with van der Waals surface area (Å²) in [6, 6.07) is -0.743. The van der Waals surface area contributed by atoms with Gasteiger partial charge < -0.3 is 78.5 Å². The highest BCUT2D eigenvalue weighted by Gasteiger charge is 2.52. The van der Waals surface area contributed by atoms with Crippen molar-refractivity contribution in [2.24, 2.45) is 11.8 Å². The average Bonchev–Trinajstić information content (AvgIpc) is 3.12. The number of cyclic esters (lactones) is 1. The Morgan fingerprint density at radius 2 is 1.41 bits per heavy atom. The number of methoxy groups -OCH3 is 1. The Morgan fingerprint density at radius 1 is 0.814 bits per heavy atom. The smallest absolute Gasteiger partial charge is 0.308 e. The number of likely N-dealkylation sites (N-methyl/N-ethyl adjacent to an activating group) is 1. The van der Waals surface area contributed by atoms with Crippen LogP contribution in [0.5, 0.6) is 0 Å². The van der Waals surface area contributed by atoms with Crippen molar-refractivity contribution < 1.29 is 78.4 Å². The highest BCUT2D eigenvalue weighted by atomic mass is 16.7. The van der Waals surface area contributed by atoms with Crippen LogP contribution in [-0.4, -0.2) is 184 Å². The van der Waals surface area contributed by atoms with Crippen molar-refractivity contribution in [3.8, 4) is 0 Å². The number of hydrogen-bond donors (Lipinski definition) is 7. The summed E-state index contributed by atoms with van der Waals surface area (Å²) in [4.78, 5) is 14.9. The zero-order chi connectivity index (χ0) is 44.0. The van der Waals surface area contributed by atoms with Gasteiger partial charge in [-0.15, -0.1) is 0 Å². The topological polar surface area (TPSA) is 236 Å². The van der Waals surface area contributed by atoms with Crippen LogP contribution >= 0.6 is 0 Å². The molecule has 0 radical (unpaired) electrons. The van der Waals surface area contributed by atoms with Gasteiger partial charge in [-0.1, -0.05) is 31.2 Å². The molecule has 3 fully saturated rings. The lowest BCUT2D eigenvalue weighted by Gasteiger charge is -2.50. The van der Waals surface area contributed by atoms with E-state index in [1.165, 1.54) is 21.0 Å². The van der Waals surface area contributed by atoms with E-state index in [4.69, 9.17) is 37.9 Å². The maximum atomic E-state index is 13.1. The summed E-state index contributed by atoms with van der Waals surface area (Å²) < 4.78 is 49.4. The highest BCUT2D eigenvalue weighted by Crippen LogP contribution is 2.38. The van der Waals surface area contributed by atoms with Crippen LogP contribution in [-0.2, 0) is 42.7 Å². The lowest BCUT2D eigenvalue weighted by atomic mass is 9.82. The number of nitrogens with zero attached hydrogens (tertiary/aromatic N) is 1. The van der Waals surface area contributed by atoms with Crippen LogP contribution in [0.1, 0.15) is 87.0 Å². The molecule has 4 aliphatic rings. The minimum Gasteiger partial charge on any atom is -0.462 e. The fourth-order valence-electron chi connectivity index (χ4n) is 8.88. The van der Waals surface area contributed by atoms with Gasteiger partial charge in [-0.05, 0) is 80.3 Å². The van der Waals surface area contributed by atoms with Gasteiger partial charge in [0.05, 0.1) is 60.3 Å². The first-order valence-corrected chi connectivity index (χ1v) is 21.0. The number of ether oxygens (including phenoxy) is 8. The molecule has 0 aromatic rings. The largest absolute Gasteiger partial charge is 0.462 e. The van der Waals surface area contributed by atoms with E-state index in [0.717, 1.165) is 0 Å². The molecule has 0 aromatic carbocycles. The number of rotatable bonds is 10. The SMILES string of the molecule is CO[C@@H]1[C@@H](OC2OC(C)C(OC3CC(C)(O)C(O)C(C)O3)C(N(C)C)C2O)[C@@H](CCO)C[C@@H](C)[C@H](OC2CC(C)(O)C(O)C(C)O2)/C=C/C=C/CC(C)OC(=O)C[C@H]1O. The van der Waals surface area contributed by atoms with Crippen molar-refractivity contribution in [2.75, 3.05) is 27.8 Å². The van der Waals surface area contributed by atoms with Crippen molar-refractivity contribution >= 4 is 5.97 Å². The normalized spacial score (nSPS) is 48.3. The van der Waals surface area contributed by atoms with E-state index in [1.54, 1.807) is 46.7 Å². The van der Waals surface area contributed by atoms with Gasteiger partial charge in [0, 0.05) is 33.0 Å². The van der Waals surface area contributed by atoms with Crippen LogP contribution in [0.15, 0.2) is 24.3 Å². The third-order valence-electron chi connectivity index (χ3n) is 12.2. The minimum atomic E-state index is -1.48. The van der Waals surface area contributed by atoms with Crippen molar-refractivity contribution in [1.82, 2.24) is 4.90 Å². The maximum absolute atomic E-state index is 13.1. The molecule has 4 heterocycles. The standard InChI is InChI=1S/C42H73NO16/c1-22-18-27(16-17-44)36(59-40-34(47)33(43(8)9)35(24(3)56-40)58-32-21-42(7,51)39(49)26(5)55-32)37(52-10)28(45)19-30(46)53-23(2)14-12-11-13-15-29(22)57-31-20-41(6,50)38(48)25(4)54-31/h11-13,15,22-29,31-40,44-45,47-51H,14,16-21H2,1-10H3/b12-11+,15-13+/t22-,23?,24?,25?,26?,27+,28-,29-,31?,32?,33?,34?,35?,36+,37+,38?,39?,40?,41?,42?/m1/s1. The lowest BCUT2D eigenvalue weighted by Crippen LogP contribution is -2.65. The molecular formula is C42H73NO16. The van der Waals surface area contributed by atoms with Gasteiger partial charge in [0.15, 0.2) is 18.9 Å². The number of allylic oxidation sites excluding steroid dienone is 2. The highest BCUT2D eigenvalue weighted by molar-refractivity contribution is 5.70. The molecule has 342 valence electrons. The van der Waals surface area contributed by atoms with Gasteiger partial charge in [-0.25, -0.2) is 0 Å². The van der Waals surface area contributed by atoms with E-state index >= 15 is 0 Å². The van der Waals surface area contributed by atoms with E-state index in [2.05, 4.69) is 0 Å². The molecule has 4 rings (SSSR count). The van der Waals surface area contributed by atoms with Crippen LogP contribution in [0.4, 0.5) is 0 Å². The van der Waals surface area contributed by atoms with Gasteiger partial charge in [-0.3, -0.25) is 4.79 Å². The van der Waals surface area contributed by atoms with E-state index in [-0.39, 0.29) is 31.8 Å². The average molecular weight is 848 g/mol. The Labute approximate surface area is 349 Å². The molecule has 0 bridgehead atoms. The predicted molar refractivity (Wildman–Crippen MR) is 212 cm³/mol. The molecule has 0 spiro atoms. The van der Waals surface area contributed by atoms with Gasteiger partial charge in [0.25, 0.3) is 0 Å². The number of hydrogen-bond acceptors (Lipinski definition) is 17. The monoisotopic (exact) mass is 847 g/mol. The van der Waals surface area contributed by atoms with Crippen LogP contribution < -0.4 is 0 Å². The van der Waals surface area contributed by atoms with Crippen LogP contribution in [0.3, 0.4) is 0 Å². The number of aliphatic hydroxyl groups excluding tert-OH is 5. The second-order valence-corrected chi connectivity index (χ2v) is 17.8. The van der Waals surface area contributed by atoms with Crippen LogP contribution in [0.2, 0.25) is 0 Å². The van der Waals surface area contributed by atoms with Crippen molar-refractivity contribution in [3.05, 3.63) is 24.3 Å². The van der Waals surface area contributed by atoms with Crippen LogP contribution in [0, 0.1) is 11.8 Å². The molecule has 17 nitrogen and oxygen atoms in total. The maximum Gasteiger partial charge on any atom is 0.308 e. The Kier molecular flexibility index (Phi) is 18.3. The fourth-order valence-corrected chi connectivity index (χ4v) is 8.88. The molecule has 59 heavy (non-hydrogen) atoms. The van der Waals surface area contributed by atoms with Gasteiger partial charge >= 0.3 is 5.97 Å². The summed E-state index contributed by atoms with van der Waals surface area (Å²) in [6.07, 6.45) is -6.74.